The third-order valence-corrected chi connectivity index (χ3v) is 2.89. The van der Waals surface area contributed by atoms with Crippen molar-refractivity contribution in [2.45, 2.75) is 46.5 Å². The Morgan fingerprint density at radius 1 is 1.11 bits per heavy atom. The number of nitrogens with zero attached hydrogens (tertiary/aromatic N) is 3. The normalized spacial score (nSPS) is 10.4. The molecule has 4 heteroatoms. The highest BCUT2D eigenvalue weighted by Crippen LogP contribution is 2.24. The van der Waals surface area contributed by atoms with E-state index >= 15 is 0 Å². The molecule has 0 fully saturated rings. The molecule has 0 aliphatic rings. The molecule has 0 atom stereocenters. The fourth-order valence-corrected chi connectivity index (χ4v) is 2.05. The summed E-state index contributed by atoms with van der Waals surface area (Å²) in [4.78, 5) is 11.1. The first-order valence-electron chi connectivity index (χ1n) is 7.03. The smallest absolute Gasteiger partial charge is 0.137 e. The third kappa shape index (κ3) is 3.86. The summed E-state index contributed by atoms with van der Waals surface area (Å²) in [6, 6.07) is 0. The van der Waals surface area contributed by atoms with Crippen LogP contribution in [0.3, 0.4) is 0 Å². The van der Waals surface area contributed by atoms with E-state index in [1.54, 1.807) is 6.33 Å². The maximum Gasteiger partial charge on any atom is 0.137 e. The number of aromatic nitrogens is 2. The van der Waals surface area contributed by atoms with Crippen LogP contribution in [0.4, 0.5) is 11.6 Å². The molecule has 0 aromatic carbocycles. The van der Waals surface area contributed by atoms with Crippen LogP contribution >= 0.6 is 0 Å². The van der Waals surface area contributed by atoms with E-state index in [9.17, 15) is 0 Å². The van der Waals surface area contributed by atoms with E-state index in [1.807, 2.05) is 0 Å². The lowest BCUT2D eigenvalue weighted by Gasteiger charge is -2.22. The van der Waals surface area contributed by atoms with Crippen molar-refractivity contribution in [3.63, 3.8) is 0 Å². The van der Waals surface area contributed by atoms with E-state index in [0.29, 0.717) is 0 Å². The molecule has 1 heterocycles. The Balaban J connectivity index is 3.00. The molecular formula is C14H26N4. The largest absolute Gasteiger partial charge is 0.370 e. The molecular weight excluding hydrogens is 224 g/mol. The number of rotatable bonds is 8. The molecule has 0 unspecified atom stereocenters. The Labute approximate surface area is 111 Å². The molecule has 102 valence electrons. The third-order valence-electron chi connectivity index (χ3n) is 2.89. The van der Waals surface area contributed by atoms with Crippen molar-refractivity contribution in [1.82, 2.24) is 9.97 Å². The van der Waals surface area contributed by atoms with Gasteiger partial charge in [-0.2, -0.15) is 0 Å². The molecule has 0 aliphatic carbocycles. The number of anilines is 2. The molecule has 4 nitrogen and oxygen atoms in total. The van der Waals surface area contributed by atoms with Gasteiger partial charge in [-0.15, -0.1) is 0 Å². The van der Waals surface area contributed by atoms with Gasteiger partial charge in [-0.05, 0) is 19.3 Å². The summed E-state index contributed by atoms with van der Waals surface area (Å²) < 4.78 is 0. The average Bonchev–Trinajstić information content (AvgIpc) is 2.38. The summed E-state index contributed by atoms with van der Waals surface area (Å²) in [5, 5.41) is 3.41. The van der Waals surface area contributed by atoms with Crippen LogP contribution < -0.4 is 10.2 Å². The molecule has 0 radical (unpaired) electrons. The summed E-state index contributed by atoms with van der Waals surface area (Å²) in [6.07, 6.45) is 6.04. The van der Waals surface area contributed by atoms with Gasteiger partial charge in [-0.25, -0.2) is 9.97 Å². The SMILES string of the molecule is CCCNc1ncnc(N(C)CCC)c1CCC. The maximum atomic E-state index is 4.46. The van der Waals surface area contributed by atoms with Gasteiger partial charge in [0, 0.05) is 25.7 Å². The zero-order chi connectivity index (χ0) is 13.4. The Bertz CT molecular complexity index is 352. The van der Waals surface area contributed by atoms with E-state index in [-0.39, 0.29) is 0 Å². The van der Waals surface area contributed by atoms with Crippen molar-refractivity contribution < 1.29 is 0 Å². The van der Waals surface area contributed by atoms with Crippen molar-refractivity contribution in [3.8, 4) is 0 Å². The van der Waals surface area contributed by atoms with Crippen molar-refractivity contribution in [2.24, 2.45) is 0 Å². The standard InChI is InChI=1S/C14H26N4/c1-5-8-12-13(15-9-6-2)16-11-17-14(12)18(4)10-7-3/h11H,5-10H2,1-4H3,(H,15,16,17). The van der Waals surface area contributed by atoms with Gasteiger partial charge in [0.2, 0.25) is 0 Å². The maximum absolute atomic E-state index is 4.46. The second-order valence-electron chi connectivity index (χ2n) is 4.62. The molecule has 1 aromatic heterocycles. The number of hydrogen-bond acceptors (Lipinski definition) is 4. The first-order valence-corrected chi connectivity index (χ1v) is 7.03. The highest BCUT2D eigenvalue weighted by molar-refractivity contribution is 5.58. The molecule has 0 spiro atoms. The molecule has 1 aromatic rings. The van der Waals surface area contributed by atoms with Crippen LogP contribution in [0.2, 0.25) is 0 Å². The minimum absolute atomic E-state index is 0.963. The van der Waals surface area contributed by atoms with E-state index < -0.39 is 0 Å². The van der Waals surface area contributed by atoms with Gasteiger partial charge in [-0.3, -0.25) is 0 Å². The van der Waals surface area contributed by atoms with Gasteiger partial charge >= 0.3 is 0 Å². The molecule has 0 bridgehead atoms. The van der Waals surface area contributed by atoms with Crippen molar-refractivity contribution in [3.05, 3.63) is 11.9 Å². The fourth-order valence-electron chi connectivity index (χ4n) is 2.05. The summed E-state index contributed by atoms with van der Waals surface area (Å²) >= 11 is 0. The molecule has 0 saturated carbocycles. The number of hydrogen-bond donors (Lipinski definition) is 1. The van der Waals surface area contributed by atoms with Gasteiger partial charge in [0.15, 0.2) is 0 Å². The van der Waals surface area contributed by atoms with Crippen LogP contribution in [0.25, 0.3) is 0 Å². The summed E-state index contributed by atoms with van der Waals surface area (Å²) in [5.41, 5.74) is 1.25. The van der Waals surface area contributed by atoms with E-state index in [1.165, 1.54) is 5.56 Å². The fraction of sp³-hybridized carbons (Fsp3) is 0.714. The van der Waals surface area contributed by atoms with Crippen LogP contribution in [0.5, 0.6) is 0 Å². The highest BCUT2D eigenvalue weighted by Gasteiger charge is 2.13. The lowest BCUT2D eigenvalue weighted by atomic mass is 10.1. The van der Waals surface area contributed by atoms with E-state index in [0.717, 1.165) is 50.4 Å². The Morgan fingerprint density at radius 3 is 2.50 bits per heavy atom. The topological polar surface area (TPSA) is 41.1 Å². The van der Waals surface area contributed by atoms with Crippen molar-refractivity contribution >= 4 is 11.6 Å². The minimum atomic E-state index is 0.963. The van der Waals surface area contributed by atoms with Crippen LogP contribution in [0.15, 0.2) is 6.33 Å². The average molecular weight is 250 g/mol. The number of nitrogens with one attached hydrogen (secondary N) is 1. The minimum Gasteiger partial charge on any atom is -0.370 e. The molecule has 1 N–H and O–H groups in total. The monoisotopic (exact) mass is 250 g/mol. The van der Waals surface area contributed by atoms with Gasteiger partial charge < -0.3 is 10.2 Å². The van der Waals surface area contributed by atoms with Gasteiger partial charge in [0.05, 0.1) is 0 Å². The lowest BCUT2D eigenvalue weighted by molar-refractivity contribution is 0.810. The Kier molecular flexibility index (Phi) is 6.47. The lowest BCUT2D eigenvalue weighted by Crippen LogP contribution is -2.22. The zero-order valence-corrected chi connectivity index (χ0v) is 12.2. The molecule has 0 aliphatic heterocycles. The highest BCUT2D eigenvalue weighted by atomic mass is 15.2. The Morgan fingerprint density at radius 2 is 1.89 bits per heavy atom. The summed E-state index contributed by atoms with van der Waals surface area (Å²) in [5.74, 6) is 2.08. The van der Waals surface area contributed by atoms with Crippen LogP contribution in [-0.4, -0.2) is 30.1 Å². The van der Waals surface area contributed by atoms with Gasteiger partial charge in [0.25, 0.3) is 0 Å². The van der Waals surface area contributed by atoms with Crippen molar-refractivity contribution in [1.29, 1.82) is 0 Å². The molecule has 1 rings (SSSR count). The summed E-state index contributed by atoms with van der Waals surface area (Å²) in [6.45, 7) is 8.54. The van der Waals surface area contributed by atoms with E-state index in [4.69, 9.17) is 0 Å². The second-order valence-corrected chi connectivity index (χ2v) is 4.62. The van der Waals surface area contributed by atoms with Gasteiger partial charge in [0.1, 0.15) is 18.0 Å². The second kappa shape index (κ2) is 7.90. The predicted molar refractivity (Wildman–Crippen MR) is 78.4 cm³/mol. The van der Waals surface area contributed by atoms with Crippen LogP contribution in [-0.2, 0) is 6.42 Å². The Hall–Kier alpha value is -1.32. The van der Waals surface area contributed by atoms with Crippen molar-refractivity contribution in [2.75, 3.05) is 30.4 Å². The molecule has 0 saturated heterocycles. The van der Waals surface area contributed by atoms with Crippen LogP contribution in [0, 0.1) is 0 Å². The van der Waals surface area contributed by atoms with Crippen LogP contribution in [0.1, 0.15) is 45.6 Å². The first kappa shape index (κ1) is 14.7. The molecule has 0 amide bonds. The van der Waals surface area contributed by atoms with E-state index in [2.05, 4.69) is 48.0 Å². The molecule has 18 heavy (non-hydrogen) atoms. The summed E-state index contributed by atoms with van der Waals surface area (Å²) in [7, 11) is 2.11. The zero-order valence-electron chi connectivity index (χ0n) is 12.2. The predicted octanol–water partition coefficient (Wildman–Crippen LogP) is 3.10. The van der Waals surface area contributed by atoms with Gasteiger partial charge in [-0.1, -0.05) is 27.2 Å². The quantitative estimate of drug-likeness (QED) is 0.769. The first-order chi connectivity index (χ1) is 8.74.